The zero-order valence-electron chi connectivity index (χ0n) is 20.6. The van der Waals surface area contributed by atoms with Crippen LogP contribution in [0.1, 0.15) is 61.5 Å². The summed E-state index contributed by atoms with van der Waals surface area (Å²) in [5, 5.41) is 0. The highest BCUT2D eigenvalue weighted by atomic mass is 32.2. The largest absolute Gasteiger partial charge is 0.296 e. The van der Waals surface area contributed by atoms with Gasteiger partial charge < -0.3 is 0 Å². The number of aromatic nitrogens is 2. The van der Waals surface area contributed by atoms with Gasteiger partial charge in [-0.3, -0.25) is 9.36 Å². The standard InChI is InChI=1S/C27H32FN3O3S/c1-5-35(33,34)30-23-12-13-24-25(27(32)31(16-29-24)17(2)3)22(23)15-19-9-7-10-20(14-19)21-11-6-8-18(4)26(21)28/h6-11,14,16-17,22-23,30H,5,12-13,15H2,1-4H3. The average molecular weight is 498 g/mol. The summed E-state index contributed by atoms with van der Waals surface area (Å²) >= 11 is 0. The molecular formula is C27H32FN3O3S. The highest BCUT2D eigenvalue weighted by Crippen LogP contribution is 2.34. The molecule has 1 aliphatic carbocycles. The topological polar surface area (TPSA) is 81.1 Å². The number of fused-ring (bicyclic) bond motifs is 1. The first kappa shape index (κ1) is 25.3. The Hall–Kier alpha value is -2.84. The van der Waals surface area contributed by atoms with Gasteiger partial charge in [0.05, 0.1) is 17.8 Å². The number of halogens is 1. The molecule has 186 valence electrons. The molecule has 0 amide bonds. The van der Waals surface area contributed by atoms with Crippen LogP contribution in [0.15, 0.2) is 53.6 Å². The van der Waals surface area contributed by atoms with Crippen LogP contribution in [0.4, 0.5) is 4.39 Å². The van der Waals surface area contributed by atoms with Gasteiger partial charge in [-0.05, 0) is 63.6 Å². The van der Waals surface area contributed by atoms with E-state index in [2.05, 4.69) is 9.71 Å². The Balaban J connectivity index is 1.79. The lowest BCUT2D eigenvalue weighted by molar-refractivity contribution is 0.412. The summed E-state index contributed by atoms with van der Waals surface area (Å²) in [6.45, 7) is 7.18. The van der Waals surface area contributed by atoms with Crippen LogP contribution >= 0.6 is 0 Å². The Morgan fingerprint density at radius 3 is 2.66 bits per heavy atom. The van der Waals surface area contributed by atoms with Crippen LogP contribution in [0, 0.1) is 12.7 Å². The maximum absolute atomic E-state index is 14.8. The van der Waals surface area contributed by atoms with E-state index in [1.807, 2.05) is 44.2 Å². The highest BCUT2D eigenvalue weighted by Gasteiger charge is 2.35. The second-order valence-electron chi connectivity index (χ2n) is 9.53. The van der Waals surface area contributed by atoms with Crippen molar-refractivity contribution in [2.45, 2.75) is 65.0 Å². The van der Waals surface area contributed by atoms with Crippen molar-refractivity contribution in [1.82, 2.24) is 14.3 Å². The second kappa shape index (κ2) is 10.0. The van der Waals surface area contributed by atoms with Gasteiger partial charge in [-0.15, -0.1) is 0 Å². The van der Waals surface area contributed by atoms with Gasteiger partial charge in [-0.1, -0.05) is 42.5 Å². The van der Waals surface area contributed by atoms with Gasteiger partial charge in [0.15, 0.2) is 0 Å². The number of sulfonamides is 1. The summed E-state index contributed by atoms with van der Waals surface area (Å²) in [6, 6.07) is 12.4. The lowest BCUT2D eigenvalue weighted by Crippen LogP contribution is -2.46. The van der Waals surface area contributed by atoms with Gasteiger partial charge in [-0.25, -0.2) is 22.5 Å². The molecule has 1 aliphatic rings. The fourth-order valence-corrected chi connectivity index (χ4v) is 5.75. The van der Waals surface area contributed by atoms with E-state index in [0.717, 1.165) is 16.8 Å². The molecule has 0 aliphatic heterocycles. The molecule has 2 unspecified atom stereocenters. The van der Waals surface area contributed by atoms with Crippen LogP contribution in [0.25, 0.3) is 11.1 Å². The van der Waals surface area contributed by atoms with E-state index >= 15 is 0 Å². The first-order valence-electron chi connectivity index (χ1n) is 12.1. The predicted molar refractivity (Wildman–Crippen MR) is 137 cm³/mol. The Morgan fingerprint density at radius 1 is 1.20 bits per heavy atom. The maximum Gasteiger partial charge on any atom is 0.257 e. The molecule has 2 aromatic carbocycles. The third kappa shape index (κ3) is 5.23. The van der Waals surface area contributed by atoms with Crippen LogP contribution in [0.2, 0.25) is 0 Å². The fourth-order valence-electron chi connectivity index (χ4n) is 4.84. The van der Waals surface area contributed by atoms with E-state index < -0.39 is 16.1 Å². The zero-order valence-corrected chi connectivity index (χ0v) is 21.4. The van der Waals surface area contributed by atoms with Crippen LogP contribution in [-0.2, 0) is 22.9 Å². The fraction of sp³-hybridized carbons (Fsp3) is 0.407. The monoisotopic (exact) mass is 497 g/mol. The average Bonchev–Trinajstić information content (AvgIpc) is 2.82. The molecule has 0 saturated carbocycles. The molecule has 3 aromatic rings. The van der Waals surface area contributed by atoms with Gasteiger partial charge in [0.2, 0.25) is 10.0 Å². The summed E-state index contributed by atoms with van der Waals surface area (Å²) in [5.74, 6) is -0.678. The molecule has 0 bridgehead atoms. The molecule has 8 heteroatoms. The molecule has 6 nitrogen and oxygen atoms in total. The van der Waals surface area contributed by atoms with E-state index in [0.29, 0.717) is 36.0 Å². The lowest BCUT2D eigenvalue weighted by atomic mass is 9.78. The van der Waals surface area contributed by atoms with Gasteiger partial charge in [0.1, 0.15) is 5.82 Å². The van der Waals surface area contributed by atoms with E-state index in [9.17, 15) is 17.6 Å². The number of benzene rings is 2. The number of nitrogens with zero attached hydrogens (tertiary/aromatic N) is 2. The quantitative estimate of drug-likeness (QED) is 0.521. The van der Waals surface area contributed by atoms with Crippen LogP contribution in [0.3, 0.4) is 0 Å². The third-order valence-electron chi connectivity index (χ3n) is 6.82. The molecule has 1 N–H and O–H groups in total. The van der Waals surface area contributed by atoms with Crippen LogP contribution in [0.5, 0.6) is 0 Å². The first-order chi connectivity index (χ1) is 16.6. The van der Waals surface area contributed by atoms with Crippen molar-refractivity contribution in [1.29, 1.82) is 0 Å². The second-order valence-corrected chi connectivity index (χ2v) is 11.6. The van der Waals surface area contributed by atoms with Crippen molar-refractivity contribution >= 4 is 10.0 Å². The first-order valence-corrected chi connectivity index (χ1v) is 13.7. The summed E-state index contributed by atoms with van der Waals surface area (Å²) in [5.41, 5.74) is 3.91. The molecule has 0 saturated heterocycles. The Bertz CT molecular complexity index is 1400. The van der Waals surface area contributed by atoms with Crippen molar-refractivity contribution in [3.8, 4) is 11.1 Å². The molecule has 0 spiro atoms. The number of rotatable bonds is 7. The SMILES string of the molecule is CCS(=O)(=O)NC1CCc2ncn(C(C)C)c(=O)c2C1Cc1cccc(-c2cccc(C)c2F)c1. The van der Waals surface area contributed by atoms with Gasteiger partial charge in [0.25, 0.3) is 5.56 Å². The Labute approximate surface area is 206 Å². The number of aryl methyl sites for hydroxylation is 2. The molecule has 1 aromatic heterocycles. The van der Waals surface area contributed by atoms with E-state index in [-0.39, 0.29) is 29.1 Å². The number of hydrogen-bond donors (Lipinski definition) is 1. The minimum absolute atomic E-state index is 0.0333. The van der Waals surface area contributed by atoms with Crippen molar-refractivity contribution in [2.24, 2.45) is 0 Å². The van der Waals surface area contributed by atoms with Crippen molar-refractivity contribution in [3.63, 3.8) is 0 Å². The molecular weight excluding hydrogens is 465 g/mol. The zero-order chi connectivity index (χ0) is 25.3. The van der Waals surface area contributed by atoms with Gasteiger partial charge in [0, 0.05) is 29.1 Å². The Morgan fingerprint density at radius 2 is 1.94 bits per heavy atom. The number of nitrogens with one attached hydrogen (secondary N) is 1. The smallest absolute Gasteiger partial charge is 0.257 e. The number of hydrogen-bond acceptors (Lipinski definition) is 4. The molecule has 35 heavy (non-hydrogen) atoms. The van der Waals surface area contributed by atoms with E-state index in [1.165, 1.54) is 0 Å². The summed E-state index contributed by atoms with van der Waals surface area (Å²) in [4.78, 5) is 18.1. The molecule has 0 fully saturated rings. The lowest BCUT2D eigenvalue weighted by Gasteiger charge is -2.33. The molecule has 1 heterocycles. The van der Waals surface area contributed by atoms with Crippen molar-refractivity contribution in [2.75, 3.05) is 5.75 Å². The minimum atomic E-state index is -3.48. The van der Waals surface area contributed by atoms with E-state index in [1.54, 1.807) is 36.9 Å². The van der Waals surface area contributed by atoms with Gasteiger partial charge in [-0.2, -0.15) is 0 Å². The summed E-state index contributed by atoms with van der Waals surface area (Å²) in [6.07, 6.45) is 3.11. The van der Waals surface area contributed by atoms with E-state index in [4.69, 9.17) is 0 Å². The van der Waals surface area contributed by atoms with Crippen LogP contribution in [-0.4, -0.2) is 29.8 Å². The molecule has 2 atom stereocenters. The van der Waals surface area contributed by atoms with Crippen molar-refractivity contribution in [3.05, 3.63) is 87.3 Å². The van der Waals surface area contributed by atoms with Crippen LogP contribution < -0.4 is 10.3 Å². The minimum Gasteiger partial charge on any atom is -0.296 e. The highest BCUT2D eigenvalue weighted by molar-refractivity contribution is 7.89. The normalized spacial score (nSPS) is 18.0. The summed E-state index contributed by atoms with van der Waals surface area (Å²) in [7, 11) is -3.48. The predicted octanol–water partition coefficient (Wildman–Crippen LogP) is 4.52. The third-order valence-corrected chi connectivity index (χ3v) is 8.24. The van der Waals surface area contributed by atoms with Gasteiger partial charge >= 0.3 is 0 Å². The Kier molecular flexibility index (Phi) is 7.24. The molecule has 4 rings (SSSR count). The van der Waals surface area contributed by atoms with Crippen molar-refractivity contribution < 1.29 is 12.8 Å². The summed E-state index contributed by atoms with van der Waals surface area (Å²) < 4.78 is 44.2. The molecule has 0 radical (unpaired) electrons. The maximum atomic E-state index is 14.8.